The molecule has 3 fully saturated rings. The van der Waals surface area contributed by atoms with Gasteiger partial charge in [-0.2, -0.15) is 4.98 Å². The highest BCUT2D eigenvalue weighted by atomic mass is 35.5. The lowest BCUT2D eigenvalue weighted by Gasteiger charge is -2.39. The second-order valence-corrected chi connectivity index (χ2v) is 20.8. The number of hydrogen-bond donors (Lipinski definition) is 4. The molecule has 0 aliphatic carbocycles. The highest BCUT2D eigenvalue weighted by Gasteiger charge is 2.45. The number of rotatable bonds is 14. The van der Waals surface area contributed by atoms with Gasteiger partial charge in [-0.3, -0.25) is 29.4 Å². The standard InChI is InChI=1S/C47H56ClN9O7S/c1-27(2)64-40-23-39(29(5)21-37(40)52-47-49-24-35(48)43(54-47)51-36-10-6-7-11-41(36)65(62,63)28(3)4)56-19-16-30(17-20-56)25-55-18-8-9-32(26-55)50-31-12-13-33-34(22-31)46(61)57(45(33)60)38-14-15-42(58)53-44(38)59/h6-7,10-13,21-24,27-28,30,32,38,50H,8-9,14-20,25-26H2,1-5H3,(H,53,58,59)(H2,49,51,52,54)/t32-,38?/m0/s1. The van der Waals surface area contributed by atoms with Crippen molar-refractivity contribution in [2.45, 2.75) is 101 Å². The number of nitrogens with zero attached hydrogens (tertiary/aromatic N) is 5. The van der Waals surface area contributed by atoms with Gasteiger partial charge in [0.25, 0.3) is 11.8 Å². The van der Waals surface area contributed by atoms with Crippen molar-refractivity contribution in [2.24, 2.45) is 5.92 Å². The molecular formula is C47H56ClN9O7S. The van der Waals surface area contributed by atoms with Crippen LogP contribution in [-0.4, -0.2) is 108 Å². The monoisotopic (exact) mass is 925 g/mol. The van der Waals surface area contributed by atoms with Crippen molar-refractivity contribution in [1.82, 2.24) is 25.1 Å². The fourth-order valence-corrected chi connectivity index (χ4v) is 10.5. The Bertz CT molecular complexity index is 2620. The van der Waals surface area contributed by atoms with Crippen LogP contribution in [0.2, 0.25) is 5.02 Å². The predicted molar refractivity (Wildman–Crippen MR) is 250 cm³/mol. The van der Waals surface area contributed by atoms with Gasteiger partial charge in [0, 0.05) is 56.1 Å². The minimum atomic E-state index is -3.59. The lowest BCUT2D eigenvalue weighted by Crippen LogP contribution is -2.54. The summed E-state index contributed by atoms with van der Waals surface area (Å²) in [6.45, 7) is 14.0. The lowest BCUT2D eigenvalue weighted by molar-refractivity contribution is -0.136. The molecule has 4 aliphatic heterocycles. The SMILES string of the molecule is Cc1cc(Nc2ncc(Cl)c(Nc3ccccc3S(=O)(=O)C(C)C)n2)c(OC(C)C)cc1N1CCC(CN2CCC[C@H](Nc3ccc4c(c3)C(=O)N(C3CCC(=O)NC3=O)C4=O)C2)CC1. The van der Waals surface area contributed by atoms with Crippen LogP contribution in [0.25, 0.3) is 0 Å². The molecular weight excluding hydrogens is 870 g/mol. The number of piperidine rings is 3. The molecule has 5 heterocycles. The Hall–Kier alpha value is -5.78. The highest BCUT2D eigenvalue weighted by Crippen LogP contribution is 2.38. The van der Waals surface area contributed by atoms with E-state index < -0.39 is 44.8 Å². The van der Waals surface area contributed by atoms with Gasteiger partial charge in [0.1, 0.15) is 16.8 Å². The summed E-state index contributed by atoms with van der Waals surface area (Å²) < 4.78 is 32.6. The van der Waals surface area contributed by atoms with Crippen LogP contribution in [0.15, 0.2) is 65.7 Å². The van der Waals surface area contributed by atoms with Gasteiger partial charge in [0.2, 0.25) is 17.8 Å². The van der Waals surface area contributed by atoms with E-state index >= 15 is 0 Å². The smallest absolute Gasteiger partial charge is 0.262 e. The second-order valence-electron chi connectivity index (χ2n) is 17.9. The first-order chi connectivity index (χ1) is 31.0. The van der Waals surface area contributed by atoms with Gasteiger partial charge >= 0.3 is 0 Å². The van der Waals surface area contributed by atoms with E-state index in [4.69, 9.17) is 16.3 Å². The summed E-state index contributed by atoms with van der Waals surface area (Å²) in [6.07, 6.45) is 5.65. The molecule has 0 saturated carbocycles. The van der Waals surface area contributed by atoms with Crippen LogP contribution in [-0.2, 0) is 19.4 Å². The van der Waals surface area contributed by atoms with Gasteiger partial charge < -0.3 is 30.5 Å². The van der Waals surface area contributed by atoms with E-state index in [1.54, 1.807) is 50.2 Å². The van der Waals surface area contributed by atoms with Crippen molar-refractivity contribution in [1.29, 1.82) is 0 Å². The van der Waals surface area contributed by atoms with Crippen LogP contribution in [0.5, 0.6) is 5.75 Å². The van der Waals surface area contributed by atoms with Crippen molar-refractivity contribution in [3.63, 3.8) is 0 Å². The minimum absolute atomic E-state index is 0.0781. The molecule has 344 valence electrons. The van der Waals surface area contributed by atoms with Crippen LogP contribution in [0.3, 0.4) is 0 Å². The van der Waals surface area contributed by atoms with Crippen molar-refractivity contribution < 1.29 is 32.3 Å². The molecule has 16 nitrogen and oxygen atoms in total. The number of fused-ring (bicyclic) bond motifs is 1. The third-order valence-electron chi connectivity index (χ3n) is 12.5. The van der Waals surface area contributed by atoms with Gasteiger partial charge in [-0.25, -0.2) is 13.4 Å². The predicted octanol–water partition coefficient (Wildman–Crippen LogP) is 7.09. The number of para-hydroxylation sites is 1. The molecule has 3 aromatic carbocycles. The number of halogens is 1. The number of imide groups is 2. The summed E-state index contributed by atoms with van der Waals surface area (Å²) in [5.74, 6) is -0.341. The number of aromatic nitrogens is 2. The number of hydrogen-bond acceptors (Lipinski definition) is 14. The Labute approximate surface area is 384 Å². The third-order valence-corrected chi connectivity index (χ3v) is 15.0. The summed E-state index contributed by atoms with van der Waals surface area (Å²) in [5, 5.41) is 11.9. The molecule has 0 bridgehead atoms. The van der Waals surface area contributed by atoms with E-state index in [2.05, 4.69) is 54.0 Å². The first-order valence-corrected chi connectivity index (χ1v) is 24.3. The Kier molecular flexibility index (Phi) is 13.4. The van der Waals surface area contributed by atoms with Crippen LogP contribution in [0.1, 0.15) is 92.5 Å². The minimum Gasteiger partial charge on any atom is -0.489 e. The van der Waals surface area contributed by atoms with E-state index in [1.165, 1.54) is 6.20 Å². The maximum absolute atomic E-state index is 13.4. The van der Waals surface area contributed by atoms with Crippen molar-refractivity contribution >= 4 is 79.6 Å². The molecule has 65 heavy (non-hydrogen) atoms. The average molecular weight is 927 g/mol. The Morgan fingerprint density at radius 1 is 0.892 bits per heavy atom. The second kappa shape index (κ2) is 19.0. The topological polar surface area (TPSA) is 195 Å². The van der Waals surface area contributed by atoms with E-state index in [0.717, 1.165) is 80.2 Å². The van der Waals surface area contributed by atoms with Gasteiger partial charge in [0.05, 0.1) is 44.9 Å². The molecule has 2 atom stereocenters. The van der Waals surface area contributed by atoms with Gasteiger partial charge in [-0.15, -0.1) is 0 Å². The molecule has 8 rings (SSSR count). The van der Waals surface area contributed by atoms with Crippen molar-refractivity contribution in [3.8, 4) is 5.75 Å². The highest BCUT2D eigenvalue weighted by molar-refractivity contribution is 7.92. The fourth-order valence-electron chi connectivity index (χ4n) is 9.16. The third kappa shape index (κ3) is 9.92. The Balaban J connectivity index is 0.882. The largest absolute Gasteiger partial charge is 0.489 e. The van der Waals surface area contributed by atoms with Gasteiger partial charge in [-0.05, 0) is 121 Å². The fraction of sp³-hybridized carbons (Fsp3) is 0.447. The summed E-state index contributed by atoms with van der Waals surface area (Å²) in [4.78, 5) is 66.0. The van der Waals surface area contributed by atoms with E-state index in [-0.39, 0.29) is 57.8 Å². The zero-order valence-electron chi connectivity index (χ0n) is 37.3. The number of carbonyl (C=O) groups is 4. The van der Waals surface area contributed by atoms with Crippen LogP contribution in [0.4, 0.5) is 34.5 Å². The number of carbonyl (C=O) groups excluding carboxylic acids is 4. The number of nitrogens with one attached hydrogen (secondary N) is 4. The van der Waals surface area contributed by atoms with Crippen molar-refractivity contribution in [3.05, 3.63) is 82.5 Å². The average Bonchev–Trinajstić information content (AvgIpc) is 3.51. The number of likely N-dealkylation sites (tertiary alicyclic amines) is 1. The first kappa shape index (κ1) is 45.8. The van der Waals surface area contributed by atoms with Crippen LogP contribution >= 0.6 is 11.6 Å². The number of amides is 4. The molecule has 4 aromatic rings. The number of sulfone groups is 1. The quantitative estimate of drug-likeness (QED) is 0.0937. The Morgan fingerprint density at radius 3 is 2.38 bits per heavy atom. The van der Waals surface area contributed by atoms with Gasteiger partial charge in [-0.1, -0.05) is 23.7 Å². The molecule has 0 spiro atoms. The Morgan fingerprint density at radius 2 is 1.65 bits per heavy atom. The molecule has 18 heteroatoms. The molecule has 4 amide bonds. The van der Waals surface area contributed by atoms with E-state index in [0.29, 0.717) is 23.0 Å². The number of ether oxygens (including phenoxy) is 1. The van der Waals surface area contributed by atoms with Gasteiger partial charge in [0.15, 0.2) is 15.7 Å². The zero-order chi connectivity index (χ0) is 46.2. The molecule has 1 aromatic heterocycles. The first-order valence-electron chi connectivity index (χ1n) is 22.4. The maximum Gasteiger partial charge on any atom is 0.262 e. The summed E-state index contributed by atoms with van der Waals surface area (Å²) in [7, 11) is -3.59. The van der Waals surface area contributed by atoms with E-state index in [1.807, 2.05) is 26.0 Å². The molecule has 1 unspecified atom stereocenters. The summed E-state index contributed by atoms with van der Waals surface area (Å²) >= 11 is 6.53. The lowest BCUT2D eigenvalue weighted by atomic mass is 9.94. The summed E-state index contributed by atoms with van der Waals surface area (Å²) in [6, 6.07) is 15.2. The molecule has 4 N–H and O–H groups in total. The van der Waals surface area contributed by atoms with Crippen LogP contribution < -0.4 is 30.9 Å². The number of anilines is 6. The maximum atomic E-state index is 13.4. The van der Waals surface area contributed by atoms with E-state index in [9.17, 15) is 27.6 Å². The molecule has 4 aliphatic rings. The normalized spacial score (nSPS) is 19.8. The molecule has 3 saturated heterocycles. The summed E-state index contributed by atoms with van der Waals surface area (Å²) in [5.41, 5.74) is 4.52. The zero-order valence-corrected chi connectivity index (χ0v) is 38.9. The molecule has 0 radical (unpaired) electrons. The van der Waals surface area contributed by atoms with Crippen LogP contribution in [0, 0.1) is 12.8 Å². The number of benzene rings is 3. The number of aryl methyl sites for hydroxylation is 1. The van der Waals surface area contributed by atoms with Crippen molar-refractivity contribution in [2.75, 3.05) is 53.6 Å².